The standard InChI is InChI=1S/C16H24BrNO4/c1-2-21-16(20)15(14(19)10-17)18-22-13-8-7-11-5-3-4-6-12(11)9-13/h11-13H,2-10H2,1H3/b18-15+. The highest BCUT2D eigenvalue weighted by Gasteiger charge is 2.33. The van der Waals surface area contributed by atoms with Gasteiger partial charge in [0.1, 0.15) is 6.10 Å². The molecule has 0 N–H and O–H groups in total. The van der Waals surface area contributed by atoms with Crippen molar-refractivity contribution in [3.63, 3.8) is 0 Å². The molecule has 0 aliphatic heterocycles. The molecule has 2 aliphatic carbocycles. The fourth-order valence-corrected chi connectivity index (χ4v) is 3.78. The van der Waals surface area contributed by atoms with Crippen molar-refractivity contribution >= 4 is 33.4 Å². The smallest absolute Gasteiger partial charge is 0.364 e. The van der Waals surface area contributed by atoms with Crippen LogP contribution in [-0.2, 0) is 19.2 Å². The van der Waals surface area contributed by atoms with Gasteiger partial charge < -0.3 is 9.57 Å². The van der Waals surface area contributed by atoms with E-state index >= 15 is 0 Å². The number of ketones is 1. The van der Waals surface area contributed by atoms with Crippen molar-refractivity contribution in [3.8, 4) is 0 Å². The van der Waals surface area contributed by atoms with Crippen LogP contribution in [0.15, 0.2) is 5.16 Å². The predicted molar refractivity (Wildman–Crippen MR) is 87.0 cm³/mol. The fraction of sp³-hybridized carbons (Fsp3) is 0.812. The Morgan fingerprint density at radius 3 is 2.55 bits per heavy atom. The number of hydrogen-bond donors (Lipinski definition) is 0. The second kappa shape index (κ2) is 8.65. The molecule has 2 aliphatic rings. The van der Waals surface area contributed by atoms with E-state index in [1.165, 1.54) is 25.7 Å². The summed E-state index contributed by atoms with van der Waals surface area (Å²) >= 11 is 3.05. The molecule has 5 nitrogen and oxygen atoms in total. The molecule has 2 fully saturated rings. The maximum absolute atomic E-state index is 11.8. The summed E-state index contributed by atoms with van der Waals surface area (Å²) in [5.41, 5.74) is -0.246. The van der Waals surface area contributed by atoms with E-state index in [2.05, 4.69) is 21.1 Å². The van der Waals surface area contributed by atoms with E-state index in [9.17, 15) is 9.59 Å². The normalized spacial score (nSPS) is 28.6. The maximum atomic E-state index is 11.8. The van der Waals surface area contributed by atoms with Crippen molar-refractivity contribution in [3.05, 3.63) is 0 Å². The maximum Gasteiger partial charge on any atom is 0.364 e. The molecule has 0 spiro atoms. The van der Waals surface area contributed by atoms with Gasteiger partial charge in [-0.1, -0.05) is 46.8 Å². The summed E-state index contributed by atoms with van der Waals surface area (Å²) in [7, 11) is 0. The van der Waals surface area contributed by atoms with Crippen molar-refractivity contribution < 1.29 is 19.2 Å². The zero-order valence-corrected chi connectivity index (χ0v) is 14.6. The first-order valence-electron chi connectivity index (χ1n) is 8.15. The Morgan fingerprint density at radius 1 is 1.14 bits per heavy atom. The van der Waals surface area contributed by atoms with Crippen molar-refractivity contribution in [2.24, 2.45) is 17.0 Å². The van der Waals surface area contributed by atoms with Gasteiger partial charge in [-0.15, -0.1) is 0 Å². The molecule has 3 unspecified atom stereocenters. The predicted octanol–water partition coefficient (Wildman–Crippen LogP) is 3.25. The lowest BCUT2D eigenvalue weighted by atomic mass is 9.70. The summed E-state index contributed by atoms with van der Waals surface area (Å²) in [5, 5.41) is 3.87. The molecule has 2 rings (SSSR count). The third-order valence-corrected chi connectivity index (χ3v) is 5.15. The van der Waals surface area contributed by atoms with Gasteiger partial charge in [0.05, 0.1) is 11.9 Å². The minimum atomic E-state index is -0.710. The Kier molecular flexibility index (Phi) is 6.86. The molecule has 124 valence electrons. The van der Waals surface area contributed by atoms with Gasteiger partial charge >= 0.3 is 5.97 Å². The first-order valence-corrected chi connectivity index (χ1v) is 9.28. The van der Waals surface area contributed by atoms with Gasteiger partial charge in [-0.2, -0.15) is 0 Å². The molecule has 22 heavy (non-hydrogen) atoms. The zero-order chi connectivity index (χ0) is 15.9. The first kappa shape index (κ1) is 17.4. The van der Waals surface area contributed by atoms with E-state index in [-0.39, 0.29) is 23.8 Å². The number of halogens is 1. The summed E-state index contributed by atoms with van der Waals surface area (Å²) in [6.45, 7) is 1.90. The van der Waals surface area contributed by atoms with Crippen LogP contribution in [0, 0.1) is 11.8 Å². The number of carbonyl (C=O) groups excluding carboxylic acids is 2. The zero-order valence-electron chi connectivity index (χ0n) is 13.1. The van der Waals surface area contributed by atoms with Crippen molar-refractivity contribution in [1.29, 1.82) is 0 Å². The third kappa shape index (κ3) is 4.54. The van der Waals surface area contributed by atoms with E-state index < -0.39 is 11.8 Å². The highest BCUT2D eigenvalue weighted by molar-refractivity contribution is 9.09. The molecule has 0 radical (unpaired) electrons. The molecule has 0 heterocycles. The summed E-state index contributed by atoms with van der Waals surface area (Å²) in [6, 6.07) is 0. The Bertz CT molecular complexity index is 438. The molecular weight excluding hydrogens is 350 g/mol. The summed E-state index contributed by atoms with van der Waals surface area (Å²) < 4.78 is 4.86. The minimum Gasteiger partial charge on any atom is -0.461 e. The number of esters is 1. The van der Waals surface area contributed by atoms with Gasteiger partial charge in [0.25, 0.3) is 0 Å². The molecule has 0 aromatic rings. The number of oxime groups is 1. The number of carbonyl (C=O) groups is 2. The Balaban J connectivity index is 1.95. The van der Waals surface area contributed by atoms with Gasteiger partial charge in [-0.05, 0) is 38.0 Å². The highest BCUT2D eigenvalue weighted by atomic mass is 79.9. The molecular formula is C16H24BrNO4. The van der Waals surface area contributed by atoms with Gasteiger partial charge in [-0.3, -0.25) is 4.79 Å². The van der Waals surface area contributed by atoms with E-state index in [1.807, 2.05) is 0 Å². The van der Waals surface area contributed by atoms with E-state index in [0.29, 0.717) is 5.92 Å². The van der Waals surface area contributed by atoms with E-state index in [4.69, 9.17) is 9.57 Å². The molecule has 2 saturated carbocycles. The summed E-state index contributed by atoms with van der Waals surface area (Å²) in [4.78, 5) is 29.1. The SMILES string of the molecule is CCOC(=O)/C(=N/OC1CCC2CCCCC2C1)C(=O)CBr. The second-order valence-electron chi connectivity index (χ2n) is 6.06. The van der Waals surface area contributed by atoms with Crippen LogP contribution in [0.4, 0.5) is 0 Å². The number of ether oxygens (including phenoxy) is 1. The summed E-state index contributed by atoms with van der Waals surface area (Å²) in [6.07, 6.45) is 8.33. The Labute approximate surface area is 139 Å². The third-order valence-electron chi connectivity index (χ3n) is 4.64. The number of rotatable bonds is 6. The largest absolute Gasteiger partial charge is 0.461 e. The van der Waals surface area contributed by atoms with E-state index in [0.717, 1.165) is 25.2 Å². The van der Waals surface area contributed by atoms with Crippen LogP contribution in [0.1, 0.15) is 51.9 Å². The van der Waals surface area contributed by atoms with Gasteiger partial charge in [0, 0.05) is 0 Å². The van der Waals surface area contributed by atoms with Crippen LogP contribution in [0.2, 0.25) is 0 Å². The molecule has 0 aromatic carbocycles. The average molecular weight is 374 g/mol. The lowest BCUT2D eigenvalue weighted by Crippen LogP contribution is -2.32. The van der Waals surface area contributed by atoms with Gasteiger partial charge in [0.2, 0.25) is 11.5 Å². The lowest BCUT2D eigenvalue weighted by Gasteiger charge is -2.38. The molecule has 0 bridgehead atoms. The number of hydrogen-bond acceptors (Lipinski definition) is 5. The monoisotopic (exact) mass is 373 g/mol. The number of nitrogens with zero attached hydrogens (tertiary/aromatic N) is 1. The van der Waals surface area contributed by atoms with Crippen LogP contribution in [0.5, 0.6) is 0 Å². The van der Waals surface area contributed by atoms with Crippen LogP contribution in [0.3, 0.4) is 0 Å². The Morgan fingerprint density at radius 2 is 1.86 bits per heavy atom. The highest BCUT2D eigenvalue weighted by Crippen LogP contribution is 2.41. The minimum absolute atomic E-state index is 0.00639. The van der Waals surface area contributed by atoms with Crippen molar-refractivity contribution in [1.82, 2.24) is 0 Å². The van der Waals surface area contributed by atoms with Crippen LogP contribution < -0.4 is 0 Å². The first-order chi connectivity index (χ1) is 10.7. The molecule has 0 saturated heterocycles. The van der Waals surface area contributed by atoms with Crippen molar-refractivity contribution in [2.45, 2.75) is 58.0 Å². The second-order valence-corrected chi connectivity index (χ2v) is 6.62. The van der Waals surface area contributed by atoms with Crippen LogP contribution >= 0.6 is 15.9 Å². The summed E-state index contributed by atoms with van der Waals surface area (Å²) in [5.74, 6) is 0.412. The molecule has 0 amide bonds. The fourth-order valence-electron chi connectivity index (χ4n) is 3.52. The van der Waals surface area contributed by atoms with Crippen LogP contribution in [-0.4, -0.2) is 35.5 Å². The molecule has 0 aromatic heterocycles. The van der Waals surface area contributed by atoms with Gasteiger partial charge in [-0.25, -0.2) is 4.79 Å². The lowest BCUT2D eigenvalue weighted by molar-refractivity contribution is -0.136. The number of Topliss-reactive ketones (excluding diaryl/α,β-unsaturated/α-hetero) is 1. The topological polar surface area (TPSA) is 65.0 Å². The van der Waals surface area contributed by atoms with E-state index in [1.54, 1.807) is 6.92 Å². The quantitative estimate of drug-likeness (QED) is 0.235. The van der Waals surface area contributed by atoms with Gasteiger partial charge in [0.15, 0.2) is 0 Å². The van der Waals surface area contributed by atoms with Crippen molar-refractivity contribution in [2.75, 3.05) is 11.9 Å². The molecule has 3 atom stereocenters. The Hall–Kier alpha value is -0.910. The molecule has 6 heteroatoms. The number of alkyl halides is 1. The number of fused-ring (bicyclic) bond motifs is 1. The average Bonchev–Trinajstić information content (AvgIpc) is 2.54. The van der Waals surface area contributed by atoms with Crippen LogP contribution in [0.25, 0.3) is 0 Å².